The first-order chi connectivity index (χ1) is 9.87. The topological polar surface area (TPSA) is 59.1 Å². The monoisotopic (exact) mass is 324 g/mol. The molecule has 2 rings (SSSR count). The second-order valence-corrected chi connectivity index (χ2v) is 7.33. The van der Waals surface area contributed by atoms with Crippen LogP contribution in [0.5, 0.6) is 0 Å². The summed E-state index contributed by atoms with van der Waals surface area (Å²) in [6.45, 7) is 4.24. The van der Waals surface area contributed by atoms with Crippen molar-refractivity contribution in [3.05, 3.63) is 53.2 Å². The molecule has 0 unspecified atom stereocenters. The number of hydrogen-bond acceptors (Lipinski definition) is 3. The molecule has 0 spiro atoms. The maximum absolute atomic E-state index is 12.3. The molecule has 0 aliphatic carbocycles. The molecular formula is C15H17ClN2O2S. The van der Waals surface area contributed by atoms with Crippen LogP contribution in [0.4, 0.5) is 5.82 Å². The zero-order chi connectivity index (χ0) is 15.5. The Balaban J connectivity index is 2.19. The lowest BCUT2D eigenvalue weighted by Crippen LogP contribution is -2.13. The van der Waals surface area contributed by atoms with Gasteiger partial charge in [-0.05, 0) is 36.1 Å². The summed E-state index contributed by atoms with van der Waals surface area (Å²) in [5, 5.41) is 0.426. The molecule has 1 aromatic heterocycles. The molecular weight excluding hydrogens is 308 g/mol. The first-order valence-corrected chi connectivity index (χ1v) is 8.46. The maximum Gasteiger partial charge on any atom is 0.263 e. The number of aromatic nitrogens is 1. The molecule has 0 atom stereocenters. The summed E-state index contributed by atoms with van der Waals surface area (Å²) in [7, 11) is -3.65. The van der Waals surface area contributed by atoms with Crippen LogP contribution in [0, 0.1) is 5.92 Å². The summed E-state index contributed by atoms with van der Waals surface area (Å²) in [6.07, 6.45) is 2.37. The number of nitrogens with one attached hydrogen (secondary N) is 1. The summed E-state index contributed by atoms with van der Waals surface area (Å²) in [5.41, 5.74) is 1.12. The number of sulfonamides is 1. The summed E-state index contributed by atoms with van der Waals surface area (Å²) >= 11 is 5.81. The van der Waals surface area contributed by atoms with Crippen LogP contribution < -0.4 is 4.72 Å². The van der Waals surface area contributed by atoms with E-state index in [-0.39, 0.29) is 10.7 Å². The molecule has 0 radical (unpaired) electrons. The predicted octanol–water partition coefficient (Wildman–Crippen LogP) is 3.73. The second-order valence-electron chi connectivity index (χ2n) is 5.21. The molecule has 112 valence electrons. The molecule has 1 aromatic carbocycles. The van der Waals surface area contributed by atoms with Gasteiger partial charge in [-0.15, -0.1) is 0 Å². The number of anilines is 1. The van der Waals surface area contributed by atoms with Gasteiger partial charge in [-0.2, -0.15) is 0 Å². The average molecular weight is 325 g/mol. The van der Waals surface area contributed by atoms with Gasteiger partial charge in [-0.1, -0.05) is 37.6 Å². The first-order valence-electron chi connectivity index (χ1n) is 6.60. The molecule has 21 heavy (non-hydrogen) atoms. The van der Waals surface area contributed by atoms with E-state index in [1.165, 1.54) is 12.3 Å². The Labute approximate surface area is 130 Å². The molecule has 6 heteroatoms. The fourth-order valence-corrected chi connectivity index (χ4v) is 3.09. The highest BCUT2D eigenvalue weighted by atomic mass is 35.5. The minimum absolute atomic E-state index is 0.203. The number of nitrogens with zero attached hydrogens (tertiary/aromatic N) is 1. The van der Waals surface area contributed by atoms with Crippen LogP contribution in [0.15, 0.2) is 47.5 Å². The predicted molar refractivity (Wildman–Crippen MR) is 85.0 cm³/mol. The first kappa shape index (κ1) is 15.8. The van der Waals surface area contributed by atoms with Gasteiger partial charge in [0.25, 0.3) is 10.0 Å². The van der Waals surface area contributed by atoms with Crippen molar-refractivity contribution in [3.8, 4) is 0 Å². The lowest BCUT2D eigenvalue weighted by atomic mass is 10.0. The van der Waals surface area contributed by atoms with E-state index in [1.807, 2.05) is 12.1 Å². The number of hydrogen-bond donors (Lipinski definition) is 1. The standard InChI is InChI=1S/C15H17ClN2O2S/c1-11(2)9-12-3-5-14(6-4-12)21(19,20)18-15-10-13(16)7-8-17-15/h3-8,10-11H,9H2,1-2H3,(H,17,18). The Hall–Kier alpha value is -1.59. The highest BCUT2D eigenvalue weighted by molar-refractivity contribution is 7.92. The largest absolute Gasteiger partial charge is 0.263 e. The Kier molecular flexibility index (Phi) is 4.85. The molecule has 0 saturated carbocycles. The van der Waals surface area contributed by atoms with Gasteiger partial charge in [0.05, 0.1) is 4.90 Å². The van der Waals surface area contributed by atoms with Crippen molar-refractivity contribution in [1.82, 2.24) is 4.98 Å². The molecule has 0 amide bonds. The van der Waals surface area contributed by atoms with E-state index in [4.69, 9.17) is 11.6 Å². The smallest absolute Gasteiger partial charge is 0.263 e. The van der Waals surface area contributed by atoms with Crippen LogP contribution in [0.3, 0.4) is 0 Å². The van der Waals surface area contributed by atoms with Gasteiger partial charge >= 0.3 is 0 Å². The lowest BCUT2D eigenvalue weighted by molar-refractivity contribution is 0.601. The van der Waals surface area contributed by atoms with Crippen LogP contribution in [-0.4, -0.2) is 13.4 Å². The Morgan fingerprint density at radius 1 is 1.19 bits per heavy atom. The second kappa shape index (κ2) is 6.45. The molecule has 1 N–H and O–H groups in total. The van der Waals surface area contributed by atoms with Gasteiger partial charge in [-0.25, -0.2) is 13.4 Å². The fraction of sp³-hybridized carbons (Fsp3) is 0.267. The quantitative estimate of drug-likeness (QED) is 0.911. The molecule has 0 bridgehead atoms. The molecule has 0 saturated heterocycles. The van der Waals surface area contributed by atoms with Crippen molar-refractivity contribution in [1.29, 1.82) is 0 Å². The summed E-state index contributed by atoms with van der Waals surface area (Å²) in [5.74, 6) is 0.731. The van der Waals surface area contributed by atoms with Crippen molar-refractivity contribution in [2.45, 2.75) is 25.2 Å². The highest BCUT2D eigenvalue weighted by Crippen LogP contribution is 2.18. The third kappa shape index (κ3) is 4.44. The van der Waals surface area contributed by atoms with Crippen molar-refractivity contribution < 1.29 is 8.42 Å². The van der Waals surface area contributed by atoms with Crippen LogP contribution in [-0.2, 0) is 16.4 Å². The summed E-state index contributed by atoms with van der Waals surface area (Å²) in [6, 6.07) is 9.92. The Morgan fingerprint density at radius 2 is 1.86 bits per heavy atom. The lowest BCUT2D eigenvalue weighted by Gasteiger charge is -2.09. The minimum Gasteiger partial charge on any atom is -0.263 e. The zero-order valence-electron chi connectivity index (χ0n) is 11.9. The highest BCUT2D eigenvalue weighted by Gasteiger charge is 2.15. The summed E-state index contributed by atoms with van der Waals surface area (Å²) < 4.78 is 26.9. The molecule has 0 aliphatic rings. The third-order valence-electron chi connectivity index (χ3n) is 2.84. The van der Waals surface area contributed by atoms with Crippen molar-refractivity contribution in [2.75, 3.05) is 4.72 Å². The number of pyridine rings is 1. The van der Waals surface area contributed by atoms with Gasteiger partial charge in [0.15, 0.2) is 0 Å². The summed E-state index contributed by atoms with van der Waals surface area (Å²) in [4.78, 5) is 4.14. The molecule has 1 heterocycles. The third-order valence-corrected chi connectivity index (χ3v) is 4.44. The average Bonchev–Trinajstić information content (AvgIpc) is 2.38. The van der Waals surface area contributed by atoms with E-state index < -0.39 is 10.0 Å². The molecule has 4 nitrogen and oxygen atoms in total. The fourth-order valence-electron chi connectivity index (χ4n) is 1.93. The van der Waals surface area contributed by atoms with Gasteiger partial charge in [-0.3, -0.25) is 4.72 Å². The van der Waals surface area contributed by atoms with Crippen molar-refractivity contribution in [2.24, 2.45) is 5.92 Å². The molecule has 0 aliphatic heterocycles. The number of rotatable bonds is 5. The maximum atomic E-state index is 12.3. The van der Waals surface area contributed by atoms with Crippen molar-refractivity contribution >= 4 is 27.4 Å². The zero-order valence-corrected chi connectivity index (χ0v) is 13.4. The SMILES string of the molecule is CC(C)Cc1ccc(S(=O)(=O)Nc2cc(Cl)ccn2)cc1. The van der Waals surface area contributed by atoms with Crippen LogP contribution >= 0.6 is 11.6 Å². The van der Waals surface area contributed by atoms with Crippen molar-refractivity contribution in [3.63, 3.8) is 0 Å². The van der Waals surface area contributed by atoms with E-state index in [9.17, 15) is 8.42 Å². The number of benzene rings is 1. The van der Waals surface area contributed by atoms with E-state index in [0.717, 1.165) is 12.0 Å². The van der Waals surface area contributed by atoms with E-state index in [2.05, 4.69) is 23.6 Å². The van der Waals surface area contributed by atoms with Crippen LogP contribution in [0.2, 0.25) is 5.02 Å². The number of halogens is 1. The Morgan fingerprint density at radius 3 is 2.43 bits per heavy atom. The Bertz CT molecular complexity index is 713. The van der Waals surface area contributed by atoms with E-state index >= 15 is 0 Å². The molecule has 0 fully saturated rings. The van der Waals surface area contributed by atoms with Gasteiger partial charge in [0, 0.05) is 17.3 Å². The molecule has 2 aromatic rings. The van der Waals surface area contributed by atoms with Gasteiger partial charge in [0.2, 0.25) is 0 Å². The minimum atomic E-state index is -3.65. The van der Waals surface area contributed by atoms with Crippen LogP contribution in [0.25, 0.3) is 0 Å². The van der Waals surface area contributed by atoms with Gasteiger partial charge < -0.3 is 0 Å². The van der Waals surface area contributed by atoms with Crippen LogP contribution in [0.1, 0.15) is 19.4 Å². The van der Waals surface area contributed by atoms with E-state index in [0.29, 0.717) is 10.9 Å². The van der Waals surface area contributed by atoms with E-state index in [1.54, 1.807) is 18.2 Å². The normalized spacial score (nSPS) is 11.6. The van der Waals surface area contributed by atoms with Gasteiger partial charge in [0.1, 0.15) is 5.82 Å².